The first kappa shape index (κ1) is 19.4. The number of esters is 2. The molecule has 0 radical (unpaired) electrons. The highest BCUT2D eigenvalue weighted by atomic mass is 35.5. The lowest BCUT2D eigenvalue weighted by molar-refractivity contribution is -0.222. The summed E-state index contributed by atoms with van der Waals surface area (Å²) in [5, 5.41) is 5.91. The van der Waals surface area contributed by atoms with Crippen LogP contribution in [0, 0.1) is 0 Å². The van der Waals surface area contributed by atoms with Crippen molar-refractivity contribution in [3.8, 4) is 0 Å². The highest BCUT2D eigenvalue weighted by molar-refractivity contribution is 6.34. The van der Waals surface area contributed by atoms with Crippen molar-refractivity contribution in [2.45, 2.75) is 19.6 Å². The Labute approximate surface area is 166 Å². The largest absolute Gasteiger partial charge is 0.419 e. The molecule has 1 aliphatic heterocycles. The average Bonchev–Trinajstić information content (AvgIpc) is 2.60. The lowest BCUT2D eigenvalue weighted by Gasteiger charge is -2.29. The van der Waals surface area contributed by atoms with Gasteiger partial charge in [0.1, 0.15) is 0 Å². The van der Waals surface area contributed by atoms with Gasteiger partial charge in [-0.1, -0.05) is 29.8 Å². The number of benzene rings is 2. The Balaban J connectivity index is 1.72. The molecule has 1 amide bonds. The van der Waals surface area contributed by atoms with Crippen molar-refractivity contribution in [3.63, 3.8) is 0 Å². The summed E-state index contributed by atoms with van der Waals surface area (Å²) in [6, 6.07) is 13.4. The van der Waals surface area contributed by atoms with Gasteiger partial charge in [-0.15, -0.1) is 0 Å². The van der Waals surface area contributed by atoms with Gasteiger partial charge in [-0.25, -0.2) is 9.59 Å². The molecule has 144 valence electrons. The number of carbonyl (C=O) groups excluding carboxylic acids is 3. The third-order valence-corrected chi connectivity index (χ3v) is 4.07. The van der Waals surface area contributed by atoms with Crippen molar-refractivity contribution >= 4 is 40.8 Å². The summed E-state index contributed by atoms with van der Waals surface area (Å²) in [7, 11) is 0. The van der Waals surface area contributed by atoms with Gasteiger partial charge >= 0.3 is 11.9 Å². The summed E-state index contributed by atoms with van der Waals surface area (Å²) < 4.78 is 10.0. The Morgan fingerprint density at radius 1 is 1.00 bits per heavy atom. The second-order valence-electron chi connectivity index (χ2n) is 6.40. The molecule has 0 unspecified atom stereocenters. The molecular formula is C20H17ClN2O5. The number of cyclic esters (lactones) is 2. The van der Waals surface area contributed by atoms with Crippen molar-refractivity contribution in [3.05, 3.63) is 70.9 Å². The Kier molecular flexibility index (Phi) is 5.37. The number of rotatable bonds is 4. The second-order valence-corrected chi connectivity index (χ2v) is 6.80. The van der Waals surface area contributed by atoms with Crippen LogP contribution in [0.2, 0.25) is 5.02 Å². The van der Waals surface area contributed by atoms with Gasteiger partial charge in [0.15, 0.2) is 5.57 Å². The van der Waals surface area contributed by atoms with Gasteiger partial charge in [0, 0.05) is 31.4 Å². The minimum Gasteiger partial charge on any atom is -0.419 e. The molecule has 3 rings (SSSR count). The third kappa shape index (κ3) is 4.50. The molecule has 28 heavy (non-hydrogen) atoms. The first-order chi connectivity index (χ1) is 13.2. The molecule has 2 aromatic rings. The van der Waals surface area contributed by atoms with E-state index in [-0.39, 0.29) is 11.5 Å². The predicted molar refractivity (Wildman–Crippen MR) is 104 cm³/mol. The maximum absolute atomic E-state index is 12.3. The van der Waals surface area contributed by atoms with Crippen LogP contribution in [0.15, 0.2) is 60.3 Å². The van der Waals surface area contributed by atoms with Crippen LogP contribution in [0.3, 0.4) is 0 Å². The van der Waals surface area contributed by atoms with E-state index in [1.807, 2.05) is 0 Å². The van der Waals surface area contributed by atoms with E-state index in [2.05, 4.69) is 10.6 Å². The zero-order valence-electron chi connectivity index (χ0n) is 15.1. The number of hydrogen-bond donors (Lipinski definition) is 2. The summed E-state index contributed by atoms with van der Waals surface area (Å²) >= 11 is 6.03. The van der Waals surface area contributed by atoms with Crippen molar-refractivity contribution in [2.75, 3.05) is 10.6 Å². The molecule has 0 spiro atoms. The Morgan fingerprint density at radius 3 is 2.32 bits per heavy atom. The normalized spacial score (nSPS) is 15.3. The first-order valence-electron chi connectivity index (χ1n) is 8.34. The summed E-state index contributed by atoms with van der Waals surface area (Å²) in [6.45, 7) is 2.94. The minimum absolute atomic E-state index is 0.259. The van der Waals surface area contributed by atoms with Crippen LogP contribution < -0.4 is 10.6 Å². The van der Waals surface area contributed by atoms with E-state index in [0.29, 0.717) is 22.0 Å². The number of hydrogen-bond acceptors (Lipinski definition) is 6. The Bertz CT molecular complexity index is 962. The number of carbonyl (C=O) groups is 3. The maximum Gasteiger partial charge on any atom is 0.350 e. The Hall–Kier alpha value is -3.32. The third-order valence-electron chi connectivity index (χ3n) is 3.74. The molecule has 8 heteroatoms. The number of nitrogens with one attached hydrogen (secondary N) is 2. The molecule has 0 saturated carbocycles. The molecular weight excluding hydrogens is 384 g/mol. The topological polar surface area (TPSA) is 93.7 Å². The summed E-state index contributed by atoms with van der Waals surface area (Å²) in [6.07, 6.45) is 1.20. The van der Waals surface area contributed by atoms with Gasteiger partial charge in [-0.05, 0) is 30.3 Å². The summed E-state index contributed by atoms with van der Waals surface area (Å²) in [4.78, 5) is 36.2. The van der Waals surface area contributed by atoms with Crippen LogP contribution in [-0.2, 0) is 19.1 Å². The number of anilines is 2. The zero-order valence-corrected chi connectivity index (χ0v) is 15.9. The molecule has 1 fully saturated rings. The quantitative estimate of drug-likeness (QED) is 0.461. The highest BCUT2D eigenvalue weighted by Crippen LogP contribution is 2.23. The van der Waals surface area contributed by atoms with E-state index in [9.17, 15) is 14.4 Å². The highest BCUT2D eigenvalue weighted by Gasteiger charge is 2.38. The molecule has 0 atom stereocenters. The smallest absolute Gasteiger partial charge is 0.350 e. The van der Waals surface area contributed by atoms with Crippen molar-refractivity contribution in [1.82, 2.24) is 0 Å². The van der Waals surface area contributed by atoms with Gasteiger partial charge in [0.2, 0.25) is 0 Å². The maximum atomic E-state index is 12.3. The van der Waals surface area contributed by atoms with Gasteiger partial charge < -0.3 is 20.1 Å². The van der Waals surface area contributed by atoms with E-state index in [1.165, 1.54) is 20.0 Å². The molecule has 7 nitrogen and oxygen atoms in total. The fraction of sp³-hybridized carbons (Fsp3) is 0.150. The predicted octanol–water partition coefficient (Wildman–Crippen LogP) is 3.72. The minimum atomic E-state index is -1.30. The van der Waals surface area contributed by atoms with E-state index >= 15 is 0 Å². The van der Waals surface area contributed by atoms with Crippen LogP contribution in [0.1, 0.15) is 24.2 Å². The fourth-order valence-electron chi connectivity index (χ4n) is 2.46. The number of ether oxygens (including phenoxy) is 2. The summed E-state index contributed by atoms with van der Waals surface area (Å²) in [5.41, 5.74) is 1.13. The van der Waals surface area contributed by atoms with Crippen LogP contribution >= 0.6 is 11.6 Å². The van der Waals surface area contributed by atoms with Gasteiger partial charge in [0.25, 0.3) is 11.7 Å². The molecule has 1 heterocycles. The van der Waals surface area contributed by atoms with Crippen LogP contribution in [0.4, 0.5) is 11.4 Å². The van der Waals surface area contributed by atoms with Gasteiger partial charge in [-0.3, -0.25) is 4.79 Å². The van der Waals surface area contributed by atoms with E-state index in [4.69, 9.17) is 21.1 Å². The van der Waals surface area contributed by atoms with Crippen LogP contribution in [0.5, 0.6) is 0 Å². The van der Waals surface area contributed by atoms with E-state index < -0.39 is 17.7 Å². The molecule has 2 N–H and O–H groups in total. The molecule has 2 aromatic carbocycles. The lowest BCUT2D eigenvalue weighted by Crippen LogP contribution is -2.42. The lowest BCUT2D eigenvalue weighted by atomic mass is 10.2. The van der Waals surface area contributed by atoms with Gasteiger partial charge in [-0.2, -0.15) is 0 Å². The Morgan fingerprint density at radius 2 is 1.64 bits per heavy atom. The second kappa shape index (κ2) is 7.74. The standard InChI is InChI=1S/C20H17ClN2O5/c1-20(2)27-18(25)15(19(26)28-20)11-22-12-6-5-7-13(10-12)23-17(24)14-8-3-4-9-16(14)21/h3-11,22H,1-2H3,(H,23,24). The van der Waals surface area contributed by atoms with Crippen molar-refractivity contribution < 1.29 is 23.9 Å². The van der Waals surface area contributed by atoms with Crippen molar-refractivity contribution in [1.29, 1.82) is 0 Å². The first-order valence-corrected chi connectivity index (χ1v) is 8.72. The molecule has 0 aromatic heterocycles. The van der Waals surface area contributed by atoms with E-state index in [0.717, 1.165) is 0 Å². The molecule has 1 aliphatic rings. The van der Waals surface area contributed by atoms with Crippen molar-refractivity contribution in [2.24, 2.45) is 0 Å². The number of amides is 1. The van der Waals surface area contributed by atoms with Crippen LogP contribution in [-0.4, -0.2) is 23.6 Å². The van der Waals surface area contributed by atoms with Gasteiger partial charge in [0.05, 0.1) is 10.6 Å². The molecule has 0 bridgehead atoms. The number of halogens is 1. The fourth-order valence-corrected chi connectivity index (χ4v) is 2.69. The monoisotopic (exact) mass is 400 g/mol. The summed E-state index contributed by atoms with van der Waals surface area (Å²) in [5.74, 6) is -3.22. The van der Waals surface area contributed by atoms with E-state index in [1.54, 1.807) is 48.5 Å². The zero-order chi connectivity index (χ0) is 20.3. The average molecular weight is 401 g/mol. The molecule has 1 saturated heterocycles. The molecule has 0 aliphatic carbocycles. The SMILES string of the molecule is CC1(C)OC(=O)C(=CNc2cccc(NC(=O)c3ccccc3Cl)c2)C(=O)O1. The van der Waals surface area contributed by atoms with Crippen LogP contribution in [0.25, 0.3) is 0 Å².